The van der Waals surface area contributed by atoms with E-state index in [9.17, 15) is 5.11 Å². The highest BCUT2D eigenvalue weighted by atomic mass is 16.5. The number of rotatable bonds is 8. The third-order valence-corrected chi connectivity index (χ3v) is 3.07. The predicted molar refractivity (Wildman–Crippen MR) is 79.2 cm³/mol. The maximum absolute atomic E-state index is 10.3. The Morgan fingerprint density at radius 1 is 1.15 bits per heavy atom. The van der Waals surface area contributed by atoms with Crippen LogP contribution < -0.4 is 15.4 Å². The van der Waals surface area contributed by atoms with Gasteiger partial charge in [0.05, 0.1) is 11.7 Å². The van der Waals surface area contributed by atoms with E-state index in [2.05, 4.69) is 25.6 Å². The molecule has 1 aromatic heterocycles. The van der Waals surface area contributed by atoms with Gasteiger partial charge in [-0.1, -0.05) is 13.8 Å². The summed E-state index contributed by atoms with van der Waals surface area (Å²) in [7, 11) is 1.73. The second kappa shape index (κ2) is 7.23. The minimum Gasteiger partial charge on any atom is -0.461 e. The average Bonchev–Trinajstić information content (AvgIpc) is 2.43. The van der Waals surface area contributed by atoms with E-state index in [1.165, 1.54) is 0 Å². The van der Waals surface area contributed by atoms with Crippen molar-refractivity contribution in [2.45, 2.75) is 52.2 Å². The minimum absolute atomic E-state index is 0.0156. The van der Waals surface area contributed by atoms with Crippen molar-refractivity contribution in [2.24, 2.45) is 0 Å². The van der Waals surface area contributed by atoms with E-state index < -0.39 is 5.60 Å². The summed E-state index contributed by atoms with van der Waals surface area (Å²) >= 11 is 0. The van der Waals surface area contributed by atoms with Gasteiger partial charge in [-0.25, -0.2) is 0 Å². The highest BCUT2D eigenvalue weighted by Crippen LogP contribution is 2.17. The standard InChI is InChI=1S/C13H25N5O2/c1-6-13(19,7-2)8-15-11-16-10(14-5)17-12(18-11)20-9(3)4/h9,19H,6-8H2,1-5H3,(H2,14,15,16,17,18). The maximum Gasteiger partial charge on any atom is 0.323 e. The highest BCUT2D eigenvalue weighted by Gasteiger charge is 2.22. The summed E-state index contributed by atoms with van der Waals surface area (Å²) in [4.78, 5) is 12.5. The Morgan fingerprint density at radius 3 is 2.25 bits per heavy atom. The summed E-state index contributed by atoms with van der Waals surface area (Å²) in [6.45, 7) is 8.09. The minimum atomic E-state index is -0.758. The fourth-order valence-corrected chi connectivity index (χ4v) is 1.55. The van der Waals surface area contributed by atoms with Crippen molar-refractivity contribution in [2.75, 3.05) is 24.2 Å². The zero-order valence-electron chi connectivity index (χ0n) is 12.9. The van der Waals surface area contributed by atoms with E-state index in [1.807, 2.05) is 27.7 Å². The molecule has 0 bridgehead atoms. The maximum atomic E-state index is 10.3. The smallest absolute Gasteiger partial charge is 0.323 e. The van der Waals surface area contributed by atoms with Crippen LogP contribution in [0.15, 0.2) is 0 Å². The number of nitrogens with one attached hydrogen (secondary N) is 2. The molecule has 0 fully saturated rings. The van der Waals surface area contributed by atoms with Crippen LogP contribution >= 0.6 is 0 Å². The molecule has 0 aliphatic rings. The molecule has 7 heteroatoms. The van der Waals surface area contributed by atoms with Crippen molar-refractivity contribution in [3.05, 3.63) is 0 Å². The van der Waals surface area contributed by atoms with Crippen LogP contribution in [0.3, 0.4) is 0 Å². The van der Waals surface area contributed by atoms with Crippen LogP contribution in [0.2, 0.25) is 0 Å². The van der Waals surface area contributed by atoms with Crippen molar-refractivity contribution in [1.29, 1.82) is 0 Å². The molecule has 7 nitrogen and oxygen atoms in total. The highest BCUT2D eigenvalue weighted by molar-refractivity contribution is 5.35. The Balaban J connectivity index is 2.83. The van der Waals surface area contributed by atoms with Crippen molar-refractivity contribution < 1.29 is 9.84 Å². The van der Waals surface area contributed by atoms with Crippen molar-refractivity contribution >= 4 is 11.9 Å². The molecule has 0 saturated heterocycles. The summed E-state index contributed by atoms with van der Waals surface area (Å²) in [6, 6.07) is 0.262. The van der Waals surface area contributed by atoms with Crippen LogP contribution in [0.4, 0.5) is 11.9 Å². The molecule has 114 valence electrons. The number of nitrogens with zero attached hydrogens (tertiary/aromatic N) is 3. The molecular formula is C13H25N5O2. The van der Waals surface area contributed by atoms with Gasteiger partial charge >= 0.3 is 6.01 Å². The molecule has 0 aromatic carbocycles. The fourth-order valence-electron chi connectivity index (χ4n) is 1.55. The second-order valence-corrected chi connectivity index (χ2v) is 4.97. The van der Waals surface area contributed by atoms with Crippen LogP contribution in [0.25, 0.3) is 0 Å². The van der Waals surface area contributed by atoms with Crippen LogP contribution in [-0.2, 0) is 0 Å². The molecule has 3 N–H and O–H groups in total. The first-order chi connectivity index (χ1) is 9.42. The SMILES string of the molecule is CCC(O)(CC)CNc1nc(NC)nc(OC(C)C)n1. The number of hydrogen-bond donors (Lipinski definition) is 3. The van der Waals surface area contributed by atoms with E-state index in [4.69, 9.17) is 4.74 Å². The van der Waals surface area contributed by atoms with E-state index in [1.54, 1.807) is 7.05 Å². The Labute approximate surface area is 120 Å². The van der Waals surface area contributed by atoms with Crippen molar-refractivity contribution in [3.63, 3.8) is 0 Å². The number of anilines is 2. The lowest BCUT2D eigenvalue weighted by molar-refractivity contribution is 0.0455. The van der Waals surface area contributed by atoms with E-state index in [-0.39, 0.29) is 12.1 Å². The van der Waals surface area contributed by atoms with Gasteiger partial charge < -0.3 is 20.5 Å². The summed E-state index contributed by atoms with van der Waals surface area (Å²) < 4.78 is 5.48. The second-order valence-electron chi connectivity index (χ2n) is 4.97. The molecule has 0 aliphatic carbocycles. The van der Waals surface area contributed by atoms with E-state index in [0.717, 1.165) is 0 Å². The summed E-state index contributed by atoms with van der Waals surface area (Å²) in [6.07, 6.45) is 1.31. The lowest BCUT2D eigenvalue weighted by atomic mass is 9.98. The van der Waals surface area contributed by atoms with Gasteiger partial charge in [0.2, 0.25) is 11.9 Å². The Kier molecular flexibility index (Phi) is 5.94. The van der Waals surface area contributed by atoms with Gasteiger partial charge in [-0.05, 0) is 26.7 Å². The number of aliphatic hydroxyl groups is 1. The molecule has 1 aromatic rings. The van der Waals surface area contributed by atoms with Crippen molar-refractivity contribution in [3.8, 4) is 6.01 Å². The first kappa shape index (κ1) is 16.4. The Bertz CT molecular complexity index is 421. The quantitative estimate of drug-likeness (QED) is 0.668. The van der Waals surface area contributed by atoms with Crippen LogP contribution in [0.1, 0.15) is 40.5 Å². The first-order valence-electron chi connectivity index (χ1n) is 6.99. The van der Waals surface area contributed by atoms with Gasteiger partial charge in [-0.15, -0.1) is 0 Å². The average molecular weight is 283 g/mol. The third kappa shape index (κ3) is 4.80. The number of ether oxygens (including phenoxy) is 1. The van der Waals surface area contributed by atoms with Gasteiger partial charge in [-0.3, -0.25) is 0 Å². The van der Waals surface area contributed by atoms with Gasteiger partial charge in [0.15, 0.2) is 0 Å². The summed E-state index contributed by atoms with van der Waals surface area (Å²) in [5.74, 6) is 0.815. The first-order valence-corrected chi connectivity index (χ1v) is 6.99. The van der Waals surface area contributed by atoms with Crippen LogP contribution in [0.5, 0.6) is 6.01 Å². The molecule has 0 saturated carbocycles. The van der Waals surface area contributed by atoms with Gasteiger partial charge in [0, 0.05) is 13.6 Å². The molecule has 0 spiro atoms. The molecule has 0 aliphatic heterocycles. The summed E-state index contributed by atoms with van der Waals surface area (Å²) in [5.41, 5.74) is -0.758. The molecule has 1 heterocycles. The van der Waals surface area contributed by atoms with Crippen LogP contribution in [0, 0.1) is 0 Å². The summed E-state index contributed by atoms with van der Waals surface area (Å²) in [5, 5.41) is 16.2. The zero-order valence-corrected chi connectivity index (χ0v) is 12.9. The lowest BCUT2D eigenvalue weighted by Gasteiger charge is -2.25. The molecular weight excluding hydrogens is 258 g/mol. The number of hydrogen-bond acceptors (Lipinski definition) is 7. The normalized spacial score (nSPS) is 11.6. The zero-order chi connectivity index (χ0) is 15.2. The Morgan fingerprint density at radius 2 is 1.75 bits per heavy atom. The molecule has 0 radical (unpaired) electrons. The predicted octanol–water partition coefficient (Wildman–Crippen LogP) is 1.66. The van der Waals surface area contributed by atoms with Crippen molar-refractivity contribution in [1.82, 2.24) is 15.0 Å². The molecule has 20 heavy (non-hydrogen) atoms. The van der Waals surface area contributed by atoms with Gasteiger partial charge in [-0.2, -0.15) is 15.0 Å². The topological polar surface area (TPSA) is 92.2 Å². The molecule has 0 amide bonds. The van der Waals surface area contributed by atoms with Crippen LogP contribution in [-0.4, -0.2) is 45.4 Å². The molecule has 0 atom stereocenters. The molecule has 0 unspecified atom stereocenters. The third-order valence-electron chi connectivity index (χ3n) is 3.07. The van der Waals surface area contributed by atoms with Gasteiger partial charge in [0.1, 0.15) is 0 Å². The largest absolute Gasteiger partial charge is 0.461 e. The lowest BCUT2D eigenvalue weighted by Crippen LogP contribution is -2.35. The fraction of sp³-hybridized carbons (Fsp3) is 0.769. The Hall–Kier alpha value is -1.63. The van der Waals surface area contributed by atoms with E-state index in [0.29, 0.717) is 31.3 Å². The molecule has 1 rings (SSSR count). The number of aromatic nitrogens is 3. The van der Waals surface area contributed by atoms with Gasteiger partial charge in [0.25, 0.3) is 0 Å². The monoisotopic (exact) mass is 283 g/mol. The van der Waals surface area contributed by atoms with E-state index >= 15 is 0 Å².